The standard InChI is InChI=1S/C39H37N5O5S2/c1-42(51(48,49)38-16-8-11-31-28-40-22-21-35(31)38)36(39(45)44-25-23-43(24-26-44)33-12-3-2-4-13-33)27-29-17-19-32(20-18-29)41-50(46,47)37-15-7-10-30-9-5-6-14-34(30)37/h2-22,28,36,41H,23-27H2,1H3/t36-/m0/s1. The van der Waals surface area contributed by atoms with E-state index < -0.39 is 26.1 Å². The molecule has 2 heterocycles. The summed E-state index contributed by atoms with van der Waals surface area (Å²) < 4.78 is 59.3. The fraction of sp³-hybridized carbons (Fsp3) is 0.179. The lowest BCUT2D eigenvalue weighted by molar-refractivity contribution is -0.135. The summed E-state index contributed by atoms with van der Waals surface area (Å²) in [5, 5.41) is 2.62. The fourth-order valence-corrected chi connectivity index (χ4v) is 9.43. The minimum atomic E-state index is -4.15. The summed E-state index contributed by atoms with van der Waals surface area (Å²) in [5.74, 6) is -0.295. The SMILES string of the molecule is CN([C@@H](Cc1ccc(NS(=O)(=O)c2cccc3ccccc23)cc1)C(=O)N1CCN(c2ccccc2)CC1)S(=O)(=O)c1cccc2cnccc12. The van der Waals surface area contributed by atoms with Crippen LogP contribution in [0.3, 0.4) is 0 Å². The van der Waals surface area contributed by atoms with Gasteiger partial charge in [-0.05, 0) is 59.8 Å². The number of pyridine rings is 1. The molecule has 1 aromatic heterocycles. The first-order valence-corrected chi connectivity index (χ1v) is 19.5. The van der Waals surface area contributed by atoms with Crippen LogP contribution in [0.4, 0.5) is 11.4 Å². The molecule has 5 aromatic carbocycles. The van der Waals surface area contributed by atoms with Gasteiger partial charge in [0.05, 0.1) is 9.79 Å². The van der Waals surface area contributed by atoms with E-state index >= 15 is 0 Å². The van der Waals surface area contributed by atoms with Crippen LogP contribution in [0.25, 0.3) is 21.5 Å². The highest BCUT2D eigenvalue weighted by Crippen LogP contribution is 2.29. The van der Waals surface area contributed by atoms with Gasteiger partial charge in [0.1, 0.15) is 6.04 Å². The monoisotopic (exact) mass is 719 g/mol. The van der Waals surface area contributed by atoms with Crippen LogP contribution in [0.15, 0.2) is 144 Å². The van der Waals surface area contributed by atoms with Crippen LogP contribution < -0.4 is 9.62 Å². The molecule has 0 radical (unpaired) electrons. The number of nitrogens with one attached hydrogen (secondary N) is 1. The lowest BCUT2D eigenvalue weighted by Gasteiger charge is -2.39. The highest BCUT2D eigenvalue weighted by atomic mass is 32.2. The van der Waals surface area contributed by atoms with Gasteiger partial charge in [0.25, 0.3) is 10.0 Å². The van der Waals surface area contributed by atoms with Gasteiger partial charge in [0, 0.05) is 73.2 Å². The van der Waals surface area contributed by atoms with Gasteiger partial charge in [-0.25, -0.2) is 16.8 Å². The molecule has 1 amide bonds. The molecule has 1 fully saturated rings. The maximum Gasteiger partial charge on any atom is 0.262 e. The summed E-state index contributed by atoms with van der Waals surface area (Å²) in [6, 6.07) is 34.7. The van der Waals surface area contributed by atoms with E-state index in [1.165, 1.54) is 11.4 Å². The Kier molecular flexibility index (Phi) is 9.47. The summed E-state index contributed by atoms with van der Waals surface area (Å²) in [5.41, 5.74) is 2.09. The average molecular weight is 720 g/mol. The highest BCUT2D eigenvalue weighted by molar-refractivity contribution is 7.93. The maximum absolute atomic E-state index is 14.3. The van der Waals surface area contributed by atoms with Crippen molar-refractivity contribution >= 4 is 58.9 Å². The van der Waals surface area contributed by atoms with E-state index in [1.54, 1.807) is 90.1 Å². The molecular weight excluding hydrogens is 683 g/mol. The molecule has 7 rings (SSSR count). The average Bonchev–Trinajstić information content (AvgIpc) is 3.17. The number of hydrogen-bond acceptors (Lipinski definition) is 7. The Labute approximate surface area is 298 Å². The van der Waals surface area contributed by atoms with Gasteiger partial charge in [-0.15, -0.1) is 0 Å². The van der Waals surface area contributed by atoms with Crippen LogP contribution in [0.5, 0.6) is 0 Å². The van der Waals surface area contributed by atoms with E-state index in [1.807, 2.05) is 48.5 Å². The number of benzene rings is 5. The van der Waals surface area contributed by atoms with Gasteiger partial charge in [-0.3, -0.25) is 14.5 Å². The highest BCUT2D eigenvalue weighted by Gasteiger charge is 2.37. The van der Waals surface area contributed by atoms with Gasteiger partial charge in [0.15, 0.2) is 0 Å². The zero-order valence-corrected chi connectivity index (χ0v) is 29.6. The van der Waals surface area contributed by atoms with Gasteiger partial charge in [0.2, 0.25) is 15.9 Å². The predicted molar refractivity (Wildman–Crippen MR) is 201 cm³/mol. The number of fused-ring (bicyclic) bond motifs is 2. The topological polar surface area (TPSA) is 120 Å². The van der Waals surface area contributed by atoms with Crippen molar-refractivity contribution in [1.82, 2.24) is 14.2 Å². The Morgan fingerprint density at radius 3 is 2.10 bits per heavy atom. The first-order valence-electron chi connectivity index (χ1n) is 16.6. The number of likely N-dealkylation sites (N-methyl/N-ethyl adjacent to an activating group) is 1. The van der Waals surface area contributed by atoms with Crippen molar-refractivity contribution in [2.24, 2.45) is 0 Å². The van der Waals surface area contributed by atoms with Crippen molar-refractivity contribution in [2.45, 2.75) is 22.3 Å². The van der Waals surface area contributed by atoms with Gasteiger partial charge in [-0.1, -0.05) is 78.9 Å². The number of aromatic nitrogens is 1. The summed E-state index contributed by atoms with van der Waals surface area (Å²) in [6.45, 7) is 2.10. The molecule has 10 nitrogen and oxygen atoms in total. The Morgan fingerprint density at radius 1 is 0.725 bits per heavy atom. The first-order chi connectivity index (χ1) is 24.6. The molecule has 1 aliphatic heterocycles. The third-order valence-corrected chi connectivity index (χ3v) is 12.8. The number of anilines is 2. The molecule has 1 aliphatic rings. The Balaban J connectivity index is 1.16. The number of piperazine rings is 1. The summed E-state index contributed by atoms with van der Waals surface area (Å²) >= 11 is 0. The number of sulfonamides is 2. The largest absolute Gasteiger partial charge is 0.368 e. The van der Waals surface area contributed by atoms with E-state index in [4.69, 9.17) is 0 Å². The molecule has 0 unspecified atom stereocenters. The number of para-hydroxylation sites is 1. The van der Waals surface area contributed by atoms with E-state index in [0.717, 1.165) is 11.1 Å². The second-order valence-electron chi connectivity index (χ2n) is 12.5. The number of amides is 1. The number of carbonyl (C=O) groups excluding carboxylic acids is 1. The molecule has 1 atom stereocenters. The first kappa shape index (κ1) is 34.2. The summed E-state index contributed by atoms with van der Waals surface area (Å²) in [4.78, 5) is 22.7. The van der Waals surface area contributed by atoms with Crippen molar-refractivity contribution in [3.05, 3.63) is 139 Å². The van der Waals surface area contributed by atoms with E-state index in [9.17, 15) is 21.6 Å². The maximum atomic E-state index is 14.3. The molecule has 0 aliphatic carbocycles. The predicted octanol–water partition coefficient (Wildman–Crippen LogP) is 5.77. The van der Waals surface area contributed by atoms with Crippen LogP contribution in [0.1, 0.15) is 5.56 Å². The molecule has 0 bridgehead atoms. The number of nitrogens with zero attached hydrogens (tertiary/aromatic N) is 4. The molecule has 260 valence electrons. The van der Waals surface area contributed by atoms with E-state index in [-0.39, 0.29) is 22.1 Å². The van der Waals surface area contributed by atoms with Crippen LogP contribution in [-0.4, -0.2) is 76.2 Å². The van der Waals surface area contributed by atoms with E-state index in [2.05, 4.69) is 14.6 Å². The van der Waals surface area contributed by atoms with Gasteiger partial charge < -0.3 is 9.80 Å². The number of rotatable bonds is 10. The molecule has 0 saturated carbocycles. The van der Waals surface area contributed by atoms with Crippen molar-refractivity contribution in [3.63, 3.8) is 0 Å². The van der Waals surface area contributed by atoms with Crippen molar-refractivity contribution in [2.75, 3.05) is 42.8 Å². The summed E-state index contributed by atoms with van der Waals surface area (Å²) in [7, 11) is -6.61. The Morgan fingerprint density at radius 2 is 1.35 bits per heavy atom. The van der Waals surface area contributed by atoms with Gasteiger partial charge in [-0.2, -0.15) is 4.31 Å². The summed E-state index contributed by atoms with van der Waals surface area (Å²) in [6.07, 6.45) is 3.24. The van der Waals surface area contributed by atoms with E-state index in [0.29, 0.717) is 53.6 Å². The zero-order chi connectivity index (χ0) is 35.6. The minimum Gasteiger partial charge on any atom is -0.368 e. The molecule has 6 aromatic rings. The lowest BCUT2D eigenvalue weighted by Crippen LogP contribution is -2.56. The normalized spacial score (nSPS) is 14.5. The van der Waals surface area contributed by atoms with Gasteiger partial charge >= 0.3 is 0 Å². The second-order valence-corrected chi connectivity index (χ2v) is 16.1. The van der Waals surface area contributed by atoms with Crippen LogP contribution in [0.2, 0.25) is 0 Å². The third-order valence-electron chi connectivity index (χ3n) is 9.41. The Hall–Kier alpha value is -5.30. The molecule has 0 spiro atoms. The fourth-order valence-electron chi connectivity index (χ4n) is 6.62. The van der Waals surface area contributed by atoms with Crippen LogP contribution in [0, 0.1) is 0 Å². The van der Waals surface area contributed by atoms with Crippen molar-refractivity contribution in [1.29, 1.82) is 0 Å². The number of hydrogen-bond donors (Lipinski definition) is 1. The molecule has 12 heteroatoms. The molecule has 1 saturated heterocycles. The van der Waals surface area contributed by atoms with Crippen molar-refractivity contribution in [3.8, 4) is 0 Å². The smallest absolute Gasteiger partial charge is 0.262 e. The van der Waals surface area contributed by atoms with Crippen LogP contribution >= 0.6 is 0 Å². The number of carbonyl (C=O) groups is 1. The molecular formula is C39H37N5O5S2. The minimum absolute atomic E-state index is 0.0795. The molecule has 1 N–H and O–H groups in total. The zero-order valence-electron chi connectivity index (χ0n) is 28.0. The lowest BCUT2D eigenvalue weighted by atomic mass is 10.0. The third kappa shape index (κ3) is 7.03. The molecule has 51 heavy (non-hydrogen) atoms. The van der Waals surface area contributed by atoms with Crippen LogP contribution in [-0.2, 0) is 31.3 Å². The quantitative estimate of drug-likeness (QED) is 0.191. The second kappa shape index (κ2) is 14.1. The Bertz CT molecular complexity index is 2410. The van der Waals surface area contributed by atoms with Crippen molar-refractivity contribution < 1.29 is 21.6 Å².